The molecule has 28 heavy (non-hydrogen) atoms. The Bertz CT molecular complexity index is 809. The van der Waals surface area contributed by atoms with Crippen LogP contribution in [0.1, 0.15) is 68.7 Å². The third-order valence-electron chi connectivity index (χ3n) is 6.95. The van der Waals surface area contributed by atoms with E-state index in [-0.39, 0.29) is 11.1 Å². The highest BCUT2D eigenvalue weighted by atomic mass is 15.2. The van der Waals surface area contributed by atoms with Crippen molar-refractivity contribution in [2.24, 2.45) is 11.3 Å². The highest BCUT2D eigenvalue weighted by molar-refractivity contribution is 5.89. The van der Waals surface area contributed by atoms with Crippen LogP contribution in [0.15, 0.2) is 36.4 Å². The molecule has 0 aliphatic rings. The summed E-state index contributed by atoms with van der Waals surface area (Å²) in [5.74, 6) is 0.662. The highest BCUT2D eigenvalue weighted by Crippen LogP contribution is 2.39. The Kier molecular flexibility index (Phi) is 6.14. The zero-order chi connectivity index (χ0) is 21.5. The lowest BCUT2D eigenvalue weighted by Crippen LogP contribution is -2.45. The molecule has 2 nitrogen and oxygen atoms in total. The number of hydrogen-bond donors (Lipinski definition) is 0. The van der Waals surface area contributed by atoms with Crippen molar-refractivity contribution in [1.82, 2.24) is 0 Å². The van der Waals surface area contributed by atoms with E-state index in [4.69, 9.17) is 0 Å². The second kappa shape index (κ2) is 7.61. The third kappa shape index (κ3) is 4.82. The quantitative estimate of drug-likeness (QED) is 0.515. The zero-order valence-electron chi connectivity index (χ0n) is 20.1. The predicted octanol–water partition coefficient (Wildman–Crippen LogP) is 7.36. The lowest BCUT2D eigenvalue weighted by molar-refractivity contribution is 0.180. The molecule has 0 spiro atoms. The third-order valence-corrected chi connectivity index (χ3v) is 6.95. The van der Waals surface area contributed by atoms with E-state index in [0.717, 1.165) is 6.42 Å². The topological polar surface area (TPSA) is 6.48 Å². The first-order valence-corrected chi connectivity index (χ1v) is 10.7. The number of fused-ring (bicyclic) bond motifs is 1. The Morgan fingerprint density at radius 2 is 1.14 bits per heavy atom. The first-order valence-electron chi connectivity index (χ1n) is 10.7. The molecule has 0 aliphatic heterocycles. The number of nitrogens with zero attached hydrogens (tertiary/aromatic N) is 2. The number of rotatable bonds is 6. The minimum atomic E-state index is 0.0911. The summed E-state index contributed by atoms with van der Waals surface area (Å²) >= 11 is 0. The smallest absolute Gasteiger partial charge is 0.0374 e. The van der Waals surface area contributed by atoms with Crippen LogP contribution in [0.3, 0.4) is 0 Å². The van der Waals surface area contributed by atoms with Crippen LogP contribution < -0.4 is 9.80 Å². The highest BCUT2D eigenvalue weighted by Gasteiger charge is 2.34. The minimum Gasteiger partial charge on any atom is -0.370 e. The molecular formula is C26H42N2. The van der Waals surface area contributed by atoms with Crippen LogP contribution in [0.2, 0.25) is 0 Å². The molecule has 0 saturated heterocycles. The molecule has 0 fully saturated rings. The van der Waals surface area contributed by atoms with E-state index in [1.54, 1.807) is 0 Å². The van der Waals surface area contributed by atoms with Crippen molar-refractivity contribution in [1.29, 1.82) is 0 Å². The van der Waals surface area contributed by atoms with Gasteiger partial charge in [0.05, 0.1) is 0 Å². The summed E-state index contributed by atoms with van der Waals surface area (Å²) in [6.07, 6.45) is 1.15. The van der Waals surface area contributed by atoms with Gasteiger partial charge < -0.3 is 9.80 Å². The fourth-order valence-corrected chi connectivity index (χ4v) is 3.81. The molecule has 0 amide bonds. The molecule has 0 bridgehead atoms. The summed E-state index contributed by atoms with van der Waals surface area (Å²) in [7, 11) is 4.40. The fraction of sp³-hybridized carbons (Fsp3) is 0.615. The number of hydrogen-bond acceptors (Lipinski definition) is 2. The normalized spacial score (nSPS) is 13.3. The average molecular weight is 383 g/mol. The maximum atomic E-state index is 2.45. The zero-order valence-corrected chi connectivity index (χ0v) is 20.1. The molecule has 0 saturated carbocycles. The molecule has 0 aromatic heterocycles. The monoisotopic (exact) mass is 382 g/mol. The molecule has 2 heteroatoms. The van der Waals surface area contributed by atoms with Crippen molar-refractivity contribution in [2.45, 2.75) is 79.8 Å². The maximum Gasteiger partial charge on any atom is 0.0374 e. The molecular weight excluding hydrogens is 340 g/mol. The van der Waals surface area contributed by atoms with Crippen molar-refractivity contribution in [3.05, 3.63) is 36.4 Å². The minimum absolute atomic E-state index is 0.0911. The second-order valence-electron chi connectivity index (χ2n) is 11.1. The second-order valence-corrected chi connectivity index (χ2v) is 11.1. The van der Waals surface area contributed by atoms with Gasteiger partial charge in [-0.05, 0) is 87.4 Å². The first-order chi connectivity index (χ1) is 12.6. The van der Waals surface area contributed by atoms with Crippen LogP contribution in [0.5, 0.6) is 0 Å². The van der Waals surface area contributed by atoms with E-state index in [9.17, 15) is 0 Å². The summed E-state index contributed by atoms with van der Waals surface area (Å²) in [4.78, 5) is 4.79. The van der Waals surface area contributed by atoms with Crippen LogP contribution in [0, 0.1) is 11.3 Å². The lowest BCUT2D eigenvalue weighted by atomic mass is 9.72. The van der Waals surface area contributed by atoms with Crippen LogP contribution in [0.4, 0.5) is 11.4 Å². The summed E-state index contributed by atoms with van der Waals surface area (Å²) in [6.45, 7) is 20.9. The average Bonchev–Trinajstić information content (AvgIpc) is 2.57. The van der Waals surface area contributed by atoms with Gasteiger partial charge in [0.25, 0.3) is 0 Å². The summed E-state index contributed by atoms with van der Waals surface area (Å²) < 4.78 is 0. The summed E-state index contributed by atoms with van der Waals surface area (Å²) in [6, 6.07) is 13.7. The van der Waals surface area contributed by atoms with E-state index in [0.29, 0.717) is 11.3 Å². The van der Waals surface area contributed by atoms with E-state index in [1.165, 1.54) is 22.1 Å². The van der Waals surface area contributed by atoms with E-state index >= 15 is 0 Å². The van der Waals surface area contributed by atoms with Crippen molar-refractivity contribution in [3.63, 3.8) is 0 Å². The molecule has 0 atom stereocenters. The van der Waals surface area contributed by atoms with E-state index in [2.05, 4.69) is 123 Å². The van der Waals surface area contributed by atoms with Crippen LogP contribution >= 0.6 is 0 Å². The SMILES string of the molecule is CC(C)C(C)(C)CC(C)(C)N(C)c1ccc2cc(N(C)C(C)(C)C)ccc2c1. The van der Waals surface area contributed by atoms with E-state index in [1.807, 2.05) is 0 Å². The molecule has 0 N–H and O–H groups in total. The molecule has 0 heterocycles. The van der Waals surface area contributed by atoms with Gasteiger partial charge in [-0.15, -0.1) is 0 Å². The van der Waals surface area contributed by atoms with Crippen molar-refractivity contribution in [3.8, 4) is 0 Å². The van der Waals surface area contributed by atoms with Gasteiger partial charge in [0.2, 0.25) is 0 Å². The molecule has 156 valence electrons. The predicted molar refractivity (Wildman–Crippen MR) is 128 cm³/mol. The van der Waals surface area contributed by atoms with Crippen LogP contribution in [-0.2, 0) is 0 Å². The number of benzene rings is 2. The largest absolute Gasteiger partial charge is 0.370 e. The van der Waals surface area contributed by atoms with Gasteiger partial charge >= 0.3 is 0 Å². The first kappa shape index (κ1) is 22.6. The van der Waals surface area contributed by atoms with Gasteiger partial charge in [0.1, 0.15) is 0 Å². The van der Waals surface area contributed by atoms with Crippen molar-refractivity contribution in [2.75, 3.05) is 23.9 Å². The Balaban J connectivity index is 2.33. The van der Waals surface area contributed by atoms with Gasteiger partial charge in [-0.1, -0.05) is 39.8 Å². The van der Waals surface area contributed by atoms with Gasteiger partial charge in [-0.25, -0.2) is 0 Å². The van der Waals surface area contributed by atoms with Crippen LogP contribution in [0.25, 0.3) is 10.8 Å². The molecule has 0 aliphatic carbocycles. The van der Waals surface area contributed by atoms with Gasteiger partial charge in [0, 0.05) is 36.5 Å². The van der Waals surface area contributed by atoms with E-state index < -0.39 is 0 Å². The maximum absolute atomic E-state index is 2.45. The van der Waals surface area contributed by atoms with Gasteiger partial charge in [-0.2, -0.15) is 0 Å². The molecule has 2 aromatic rings. The molecule has 0 radical (unpaired) electrons. The van der Waals surface area contributed by atoms with Crippen LogP contribution in [-0.4, -0.2) is 25.2 Å². The van der Waals surface area contributed by atoms with Crippen molar-refractivity contribution >= 4 is 22.1 Å². The molecule has 2 rings (SSSR count). The Labute approximate surface area is 173 Å². The van der Waals surface area contributed by atoms with Gasteiger partial charge in [0.15, 0.2) is 0 Å². The Morgan fingerprint density at radius 1 is 0.714 bits per heavy atom. The molecule has 2 aromatic carbocycles. The van der Waals surface area contributed by atoms with Gasteiger partial charge in [-0.3, -0.25) is 0 Å². The summed E-state index contributed by atoms with van der Waals surface area (Å²) in [5.41, 5.74) is 3.06. The lowest BCUT2D eigenvalue weighted by Gasteiger charge is -2.44. The Hall–Kier alpha value is -1.70. The number of anilines is 2. The molecule has 0 unspecified atom stereocenters. The fourth-order valence-electron chi connectivity index (χ4n) is 3.81. The summed E-state index contributed by atoms with van der Waals surface area (Å²) in [5, 5.41) is 2.60. The Morgan fingerprint density at radius 3 is 1.54 bits per heavy atom. The van der Waals surface area contributed by atoms with Crippen molar-refractivity contribution < 1.29 is 0 Å². The standard InChI is InChI=1S/C26H42N2/c1-19(2)25(6,7)18-26(8,9)28(11)23-15-13-20-16-22(14-12-21(20)17-23)27(10)24(3,4)5/h12-17,19H,18H2,1-11H3.